The first-order valence-corrected chi connectivity index (χ1v) is 8.32. The van der Waals surface area contributed by atoms with Gasteiger partial charge in [0.05, 0.1) is 5.76 Å². The van der Waals surface area contributed by atoms with Crippen molar-refractivity contribution in [2.75, 3.05) is 0 Å². The maximum atomic E-state index is 12.7. The predicted molar refractivity (Wildman–Crippen MR) is 83.7 cm³/mol. The van der Waals surface area contributed by atoms with Gasteiger partial charge in [-0.1, -0.05) is 13.8 Å². The molecule has 0 aromatic carbocycles. The Morgan fingerprint density at radius 2 is 1.92 bits per heavy atom. The molecule has 4 rings (SSSR count). The maximum absolute atomic E-state index is 12.7. The molecule has 2 N–H and O–H groups in total. The SMILES string of the molecule is CCC(C)C1=C2C(=O)OC3(C)C(=O)C=C4C=C(C)OC(O1)C4(O)C23O. The highest BCUT2D eigenvalue weighted by atomic mass is 16.7. The maximum Gasteiger partial charge on any atom is 0.341 e. The second-order valence-corrected chi connectivity index (χ2v) is 7.23. The van der Waals surface area contributed by atoms with E-state index >= 15 is 0 Å². The van der Waals surface area contributed by atoms with E-state index in [4.69, 9.17) is 14.2 Å². The molecular weight excluding hydrogens is 328 g/mol. The summed E-state index contributed by atoms with van der Waals surface area (Å²) in [5.41, 5.74) is -6.42. The Morgan fingerprint density at radius 3 is 2.56 bits per heavy atom. The number of ketones is 1. The molecule has 1 aliphatic carbocycles. The summed E-state index contributed by atoms with van der Waals surface area (Å²) in [6.45, 7) is 6.69. The molecule has 4 aliphatic rings. The van der Waals surface area contributed by atoms with Crippen molar-refractivity contribution in [1.29, 1.82) is 0 Å². The summed E-state index contributed by atoms with van der Waals surface area (Å²) in [7, 11) is 0. The molecule has 3 heterocycles. The number of esters is 1. The molecule has 5 unspecified atom stereocenters. The first kappa shape index (κ1) is 16.4. The number of aliphatic hydroxyl groups is 2. The molecule has 3 aliphatic heterocycles. The van der Waals surface area contributed by atoms with E-state index in [1.165, 1.54) is 19.1 Å². The number of hydrogen-bond acceptors (Lipinski definition) is 7. The zero-order chi connectivity index (χ0) is 18.4. The van der Waals surface area contributed by atoms with Crippen LogP contribution in [0.15, 0.2) is 34.8 Å². The first-order chi connectivity index (χ1) is 11.6. The van der Waals surface area contributed by atoms with Gasteiger partial charge in [-0.2, -0.15) is 0 Å². The molecule has 1 fully saturated rings. The second kappa shape index (κ2) is 4.53. The molecule has 0 radical (unpaired) electrons. The van der Waals surface area contributed by atoms with Crippen LogP contribution in [0.4, 0.5) is 0 Å². The molecule has 0 bridgehead atoms. The molecule has 0 amide bonds. The Bertz CT molecular complexity index is 806. The molecule has 134 valence electrons. The third-order valence-electron chi connectivity index (χ3n) is 5.83. The highest BCUT2D eigenvalue weighted by molar-refractivity contribution is 6.10. The summed E-state index contributed by atoms with van der Waals surface area (Å²) < 4.78 is 16.8. The summed E-state index contributed by atoms with van der Waals surface area (Å²) in [4.78, 5) is 25.3. The molecule has 7 heteroatoms. The van der Waals surface area contributed by atoms with E-state index < -0.39 is 34.8 Å². The van der Waals surface area contributed by atoms with Crippen LogP contribution in [-0.4, -0.2) is 45.1 Å². The van der Waals surface area contributed by atoms with Crippen molar-refractivity contribution >= 4 is 11.8 Å². The summed E-state index contributed by atoms with van der Waals surface area (Å²) in [5, 5.41) is 23.1. The van der Waals surface area contributed by atoms with E-state index in [9.17, 15) is 19.8 Å². The molecule has 0 saturated carbocycles. The topological polar surface area (TPSA) is 102 Å². The van der Waals surface area contributed by atoms with Gasteiger partial charge < -0.3 is 24.4 Å². The minimum atomic E-state index is -2.29. The number of hydrogen-bond donors (Lipinski definition) is 2. The molecule has 1 saturated heterocycles. The highest BCUT2D eigenvalue weighted by Crippen LogP contribution is 2.60. The number of allylic oxidation sites excluding steroid dienone is 2. The van der Waals surface area contributed by atoms with Gasteiger partial charge in [0.15, 0.2) is 5.60 Å². The van der Waals surface area contributed by atoms with Gasteiger partial charge in [0, 0.05) is 11.5 Å². The number of carbonyl (C=O) groups excluding carboxylic acids is 2. The summed E-state index contributed by atoms with van der Waals surface area (Å²) >= 11 is 0. The van der Waals surface area contributed by atoms with Crippen LogP contribution in [0.1, 0.15) is 34.1 Å². The average molecular weight is 348 g/mol. The zero-order valence-electron chi connectivity index (χ0n) is 14.5. The highest BCUT2D eigenvalue weighted by Gasteiger charge is 2.81. The minimum absolute atomic E-state index is 0.144. The van der Waals surface area contributed by atoms with Crippen molar-refractivity contribution in [3.8, 4) is 0 Å². The molecule has 0 aromatic rings. The summed E-state index contributed by atoms with van der Waals surface area (Å²) in [6, 6.07) is 0. The van der Waals surface area contributed by atoms with Crippen LogP contribution in [0.25, 0.3) is 0 Å². The third kappa shape index (κ3) is 1.54. The number of carbonyl (C=O) groups is 2. The Balaban J connectivity index is 2.10. The minimum Gasteiger partial charge on any atom is -0.456 e. The molecule has 5 atom stereocenters. The van der Waals surface area contributed by atoms with E-state index in [2.05, 4.69) is 0 Å². The van der Waals surface area contributed by atoms with Gasteiger partial charge in [-0.05, 0) is 32.4 Å². The molecule has 0 spiro atoms. The van der Waals surface area contributed by atoms with Crippen LogP contribution in [-0.2, 0) is 23.8 Å². The molecule has 25 heavy (non-hydrogen) atoms. The fraction of sp³-hybridized carbons (Fsp3) is 0.556. The van der Waals surface area contributed by atoms with Crippen molar-refractivity contribution in [1.82, 2.24) is 0 Å². The van der Waals surface area contributed by atoms with E-state index in [0.717, 1.165) is 0 Å². The second-order valence-electron chi connectivity index (χ2n) is 7.23. The van der Waals surface area contributed by atoms with Crippen LogP contribution >= 0.6 is 0 Å². The van der Waals surface area contributed by atoms with E-state index in [0.29, 0.717) is 12.2 Å². The first-order valence-electron chi connectivity index (χ1n) is 8.32. The standard InChI is InChI=1S/C18H20O7/c1-5-8(2)13-12-14(20)25-16(4)11(19)7-10-6-9(3)23-15(24-13)17(10,21)18(12,16)22/h6-8,15,21-22H,5H2,1-4H3. The van der Waals surface area contributed by atoms with E-state index in [-0.39, 0.29) is 22.8 Å². The summed E-state index contributed by atoms with van der Waals surface area (Å²) in [6.07, 6.45) is 1.98. The largest absolute Gasteiger partial charge is 0.456 e. The fourth-order valence-electron chi connectivity index (χ4n) is 4.15. The van der Waals surface area contributed by atoms with Crippen LogP contribution in [0.3, 0.4) is 0 Å². The van der Waals surface area contributed by atoms with Crippen molar-refractivity contribution in [3.05, 3.63) is 34.8 Å². The molecular formula is C18H20O7. The van der Waals surface area contributed by atoms with Gasteiger partial charge in [-0.25, -0.2) is 4.79 Å². The molecule has 0 aromatic heterocycles. The Hall–Kier alpha value is -2.12. The van der Waals surface area contributed by atoms with Crippen LogP contribution < -0.4 is 0 Å². The van der Waals surface area contributed by atoms with Crippen molar-refractivity contribution in [2.45, 2.75) is 57.2 Å². The van der Waals surface area contributed by atoms with Gasteiger partial charge in [-0.3, -0.25) is 4.79 Å². The lowest BCUT2D eigenvalue weighted by molar-refractivity contribution is -0.288. The number of rotatable bonds is 2. The van der Waals surface area contributed by atoms with Gasteiger partial charge in [0.2, 0.25) is 17.0 Å². The van der Waals surface area contributed by atoms with Gasteiger partial charge in [0.25, 0.3) is 6.29 Å². The van der Waals surface area contributed by atoms with Crippen molar-refractivity contribution < 1.29 is 34.0 Å². The molecule has 7 nitrogen and oxygen atoms in total. The smallest absolute Gasteiger partial charge is 0.341 e. The quantitative estimate of drug-likeness (QED) is 0.714. The van der Waals surface area contributed by atoms with Gasteiger partial charge in [-0.15, -0.1) is 0 Å². The lowest BCUT2D eigenvalue weighted by Gasteiger charge is -2.56. The van der Waals surface area contributed by atoms with Crippen molar-refractivity contribution in [3.63, 3.8) is 0 Å². The van der Waals surface area contributed by atoms with Crippen molar-refractivity contribution in [2.24, 2.45) is 5.92 Å². The predicted octanol–water partition coefficient (Wildman–Crippen LogP) is 0.864. The summed E-state index contributed by atoms with van der Waals surface area (Å²) in [5.74, 6) is -1.07. The number of ether oxygens (including phenoxy) is 3. The third-order valence-corrected chi connectivity index (χ3v) is 5.83. The fourth-order valence-corrected chi connectivity index (χ4v) is 4.15. The Labute approximate surface area is 144 Å². The average Bonchev–Trinajstić information content (AvgIpc) is 2.76. The van der Waals surface area contributed by atoms with Gasteiger partial charge in [0.1, 0.15) is 11.3 Å². The van der Waals surface area contributed by atoms with Crippen LogP contribution in [0.5, 0.6) is 0 Å². The monoisotopic (exact) mass is 348 g/mol. The lowest BCUT2D eigenvalue weighted by atomic mass is 9.58. The van der Waals surface area contributed by atoms with Crippen LogP contribution in [0.2, 0.25) is 0 Å². The van der Waals surface area contributed by atoms with E-state index in [1.807, 2.05) is 13.8 Å². The van der Waals surface area contributed by atoms with Crippen LogP contribution in [0, 0.1) is 5.92 Å². The lowest BCUT2D eigenvalue weighted by Crippen LogP contribution is -2.77. The Kier molecular flexibility index (Phi) is 2.96. The van der Waals surface area contributed by atoms with E-state index in [1.54, 1.807) is 6.92 Å². The Morgan fingerprint density at radius 1 is 1.24 bits per heavy atom. The normalized spacial score (nSPS) is 42.7. The van der Waals surface area contributed by atoms with Gasteiger partial charge >= 0.3 is 5.97 Å². The zero-order valence-corrected chi connectivity index (χ0v) is 14.5.